The Bertz CT molecular complexity index is 1040. The van der Waals surface area contributed by atoms with Crippen LogP contribution in [0.3, 0.4) is 0 Å². The minimum absolute atomic E-state index is 0.000692. The monoisotopic (exact) mass is 529 g/mol. The molecule has 3 amide bonds. The number of nitrogens with two attached hydrogens (primary N) is 2. The van der Waals surface area contributed by atoms with Gasteiger partial charge in [-0.2, -0.15) is 0 Å². The van der Waals surface area contributed by atoms with Crippen molar-refractivity contribution in [3.8, 4) is 0 Å². The molecule has 0 aliphatic carbocycles. The number of carbonyl (C=O) groups excluding carboxylic acids is 3. The van der Waals surface area contributed by atoms with Crippen molar-refractivity contribution >= 4 is 41.7 Å². The second-order valence-electron chi connectivity index (χ2n) is 8.38. The molecule has 14 heteroatoms. The molecule has 1 aliphatic rings. The number of nitrogens with one attached hydrogen (secondary N) is 2. The Hall–Kier alpha value is -4.33. The van der Waals surface area contributed by atoms with Crippen LogP contribution in [-0.4, -0.2) is 109 Å². The molecule has 0 saturated carbocycles. The van der Waals surface area contributed by atoms with Crippen LogP contribution >= 0.6 is 0 Å². The van der Waals surface area contributed by atoms with Gasteiger partial charge < -0.3 is 37.0 Å². The number of hydrogen-bond donors (Lipinski definition) is 5. The minimum Gasteiger partial charge on any atom is -0.480 e. The Labute approximate surface area is 220 Å². The van der Waals surface area contributed by atoms with E-state index < -0.39 is 24.3 Å². The van der Waals surface area contributed by atoms with E-state index >= 15 is 0 Å². The van der Waals surface area contributed by atoms with Crippen molar-refractivity contribution in [2.45, 2.75) is 19.4 Å². The van der Waals surface area contributed by atoms with Crippen molar-refractivity contribution in [1.29, 1.82) is 0 Å². The molecule has 0 atom stereocenters. The number of carboxylic acid groups (broad SMARTS) is 1. The molecule has 206 valence electrons. The molecular formula is C24H35N9O5. The predicted molar refractivity (Wildman–Crippen MR) is 143 cm³/mol. The van der Waals surface area contributed by atoms with Crippen LogP contribution in [0.2, 0.25) is 0 Å². The summed E-state index contributed by atoms with van der Waals surface area (Å²) in [4.78, 5) is 64.3. The van der Waals surface area contributed by atoms with Gasteiger partial charge in [0, 0.05) is 38.8 Å². The lowest BCUT2D eigenvalue weighted by Crippen LogP contribution is -2.48. The summed E-state index contributed by atoms with van der Waals surface area (Å²) in [5, 5.41) is 14.1. The normalized spacial score (nSPS) is 11.9. The average Bonchev–Trinajstić information content (AvgIpc) is 3.40. The summed E-state index contributed by atoms with van der Waals surface area (Å²) in [6.07, 6.45) is 2.66. The van der Waals surface area contributed by atoms with Crippen LogP contribution in [0.25, 0.3) is 0 Å². The summed E-state index contributed by atoms with van der Waals surface area (Å²) < 4.78 is 0. The number of nitrogens with zero attached hydrogens (tertiary/aromatic N) is 5. The third-order valence-corrected chi connectivity index (χ3v) is 5.30. The number of rotatable bonds is 17. The zero-order chi connectivity index (χ0) is 27.8. The number of benzene rings is 1. The van der Waals surface area contributed by atoms with Gasteiger partial charge in [0.15, 0.2) is 5.96 Å². The van der Waals surface area contributed by atoms with Crippen LogP contribution < -0.4 is 22.1 Å². The molecule has 0 saturated heterocycles. The van der Waals surface area contributed by atoms with Crippen LogP contribution in [0, 0.1) is 0 Å². The maximum atomic E-state index is 13.3. The van der Waals surface area contributed by atoms with Crippen LogP contribution in [0.5, 0.6) is 0 Å². The summed E-state index contributed by atoms with van der Waals surface area (Å²) >= 11 is 0. The van der Waals surface area contributed by atoms with E-state index in [-0.39, 0.29) is 51.1 Å². The van der Waals surface area contributed by atoms with E-state index in [1.165, 1.54) is 9.80 Å². The van der Waals surface area contributed by atoms with Gasteiger partial charge in [-0.25, -0.2) is 4.99 Å². The first-order chi connectivity index (χ1) is 18.2. The lowest BCUT2D eigenvalue weighted by molar-refractivity contribution is -0.142. The first-order valence-corrected chi connectivity index (χ1v) is 12.1. The molecule has 0 unspecified atom stereocenters. The van der Waals surface area contributed by atoms with E-state index in [4.69, 9.17) is 16.6 Å². The highest BCUT2D eigenvalue weighted by atomic mass is 16.4. The topological polar surface area (TPSA) is 208 Å². The van der Waals surface area contributed by atoms with Crippen molar-refractivity contribution in [2.24, 2.45) is 26.4 Å². The molecular weight excluding hydrogens is 494 g/mol. The lowest BCUT2D eigenvalue weighted by Gasteiger charge is -2.27. The minimum atomic E-state index is -1.21. The Kier molecular flexibility index (Phi) is 12.9. The van der Waals surface area contributed by atoms with Crippen molar-refractivity contribution in [3.05, 3.63) is 35.9 Å². The second-order valence-corrected chi connectivity index (χ2v) is 8.38. The fourth-order valence-corrected chi connectivity index (χ4v) is 3.45. The molecule has 7 N–H and O–H groups in total. The molecule has 14 nitrogen and oxygen atoms in total. The lowest BCUT2D eigenvalue weighted by atomic mass is 10.2. The Balaban J connectivity index is 2.05. The van der Waals surface area contributed by atoms with Crippen LogP contribution in [-0.2, 0) is 25.7 Å². The van der Waals surface area contributed by atoms with E-state index in [0.29, 0.717) is 25.9 Å². The maximum absolute atomic E-state index is 13.3. The van der Waals surface area contributed by atoms with Gasteiger partial charge in [0.25, 0.3) is 0 Å². The fraction of sp³-hybridized carbons (Fsp3) is 0.458. The van der Waals surface area contributed by atoms with Gasteiger partial charge in [-0.15, -0.1) is 0 Å². The van der Waals surface area contributed by atoms with Gasteiger partial charge in [-0.05, 0) is 12.0 Å². The molecule has 1 aliphatic heterocycles. The number of guanidine groups is 1. The predicted octanol–water partition coefficient (Wildman–Crippen LogP) is -1.83. The first kappa shape index (κ1) is 29.9. The quantitative estimate of drug-likeness (QED) is 0.0878. The SMILES string of the molecule is NC(N)=NCCCN(CC(=O)NCC(=O)O)C(=O)CN(Cc1ccccc1)C(=O)CNCCC1=NCC=N1. The van der Waals surface area contributed by atoms with Crippen molar-refractivity contribution in [2.75, 3.05) is 52.4 Å². The van der Waals surface area contributed by atoms with E-state index in [1.807, 2.05) is 30.3 Å². The zero-order valence-corrected chi connectivity index (χ0v) is 21.2. The average molecular weight is 530 g/mol. The number of aliphatic carboxylic acids is 1. The smallest absolute Gasteiger partial charge is 0.322 e. The van der Waals surface area contributed by atoms with Gasteiger partial charge in [0.05, 0.1) is 19.6 Å². The number of carbonyl (C=O) groups is 4. The number of aliphatic imine (C=N–C) groups is 3. The summed E-state index contributed by atoms with van der Waals surface area (Å²) in [6, 6.07) is 9.22. The number of hydrogen-bond acceptors (Lipinski definition) is 8. The number of amides is 3. The standard InChI is InChI=1S/C24H35N9O5/c25-24(26)30-8-4-12-32(16-20(34)31-14-23(37)38)22(36)17-33(15-18-5-2-1-3-6-18)21(35)13-27-9-7-19-28-10-11-29-19/h1-3,5-6,10,27H,4,7-9,11-17H2,(H,31,34)(H,37,38)(H4,25,26,30). The van der Waals surface area contributed by atoms with Gasteiger partial charge >= 0.3 is 5.97 Å². The van der Waals surface area contributed by atoms with Gasteiger partial charge in [-0.1, -0.05) is 30.3 Å². The summed E-state index contributed by atoms with van der Waals surface area (Å²) in [5.74, 6) is -1.99. The van der Waals surface area contributed by atoms with E-state index in [9.17, 15) is 19.2 Å². The first-order valence-electron chi connectivity index (χ1n) is 12.1. The summed E-state index contributed by atoms with van der Waals surface area (Å²) in [7, 11) is 0. The molecule has 0 fully saturated rings. The highest BCUT2D eigenvalue weighted by molar-refractivity contribution is 5.94. The van der Waals surface area contributed by atoms with E-state index in [2.05, 4.69) is 25.6 Å². The largest absolute Gasteiger partial charge is 0.480 e. The summed E-state index contributed by atoms with van der Waals surface area (Å²) in [5.41, 5.74) is 11.5. The molecule has 0 bridgehead atoms. The van der Waals surface area contributed by atoms with Gasteiger partial charge in [0.2, 0.25) is 17.7 Å². The molecule has 0 aromatic heterocycles. The molecule has 0 radical (unpaired) electrons. The zero-order valence-electron chi connectivity index (χ0n) is 21.2. The number of carboxylic acids is 1. The highest BCUT2D eigenvalue weighted by Gasteiger charge is 2.23. The van der Waals surface area contributed by atoms with Crippen molar-refractivity contribution in [3.63, 3.8) is 0 Å². The van der Waals surface area contributed by atoms with Crippen molar-refractivity contribution < 1.29 is 24.3 Å². The van der Waals surface area contributed by atoms with Gasteiger partial charge in [0.1, 0.15) is 18.9 Å². The maximum Gasteiger partial charge on any atom is 0.322 e. The fourth-order valence-electron chi connectivity index (χ4n) is 3.45. The highest BCUT2D eigenvalue weighted by Crippen LogP contribution is 2.07. The molecule has 1 heterocycles. The van der Waals surface area contributed by atoms with Crippen LogP contribution in [0.15, 0.2) is 45.3 Å². The third-order valence-electron chi connectivity index (χ3n) is 5.30. The Morgan fingerprint density at radius 2 is 1.79 bits per heavy atom. The van der Waals surface area contributed by atoms with Gasteiger partial charge in [-0.3, -0.25) is 29.2 Å². The molecule has 2 rings (SSSR count). The van der Waals surface area contributed by atoms with E-state index in [1.54, 1.807) is 6.21 Å². The van der Waals surface area contributed by atoms with Crippen LogP contribution in [0.1, 0.15) is 18.4 Å². The molecule has 0 spiro atoms. The third kappa shape index (κ3) is 12.1. The molecule has 1 aromatic carbocycles. The molecule has 38 heavy (non-hydrogen) atoms. The Morgan fingerprint density at radius 1 is 1.03 bits per heavy atom. The van der Waals surface area contributed by atoms with E-state index in [0.717, 1.165) is 11.4 Å². The van der Waals surface area contributed by atoms with Crippen LogP contribution in [0.4, 0.5) is 0 Å². The second kappa shape index (κ2) is 16.4. The van der Waals surface area contributed by atoms with Crippen molar-refractivity contribution in [1.82, 2.24) is 20.4 Å². The summed E-state index contributed by atoms with van der Waals surface area (Å²) in [6.45, 7) is 0.394. The number of amidine groups is 1. The Morgan fingerprint density at radius 3 is 2.45 bits per heavy atom. The molecule has 1 aromatic rings.